The topological polar surface area (TPSA) is 65.1 Å². The number of hydrogen-bond acceptors (Lipinski definition) is 4. The van der Waals surface area contributed by atoms with Gasteiger partial charge in [0.05, 0.1) is 5.52 Å². The number of amides is 1. The van der Waals surface area contributed by atoms with Crippen molar-refractivity contribution in [3.05, 3.63) is 42.3 Å². The fourth-order valence-electron chi connectivity index (χ4n) is 4.15. The van der Waals surface area contributed by atoms with E-state index in [0.29, 0.717) is 24.4 Å². The molecule has 1 atom stereocenters. The number of H-pyrrole nitrogens is 1. The number of para-hydroxylation sites is 1. The largest absolute Gasteiger partial charge is 0.303 e. The molecule has 1 amide bonds. The highest BCUT2D eigenvalue weighted by Crippen LogP contribution is 2.28. The normalized spacial score (nSPS) is 15.9. The maximum absolute atomic E-state index is 15.1. The molecular weight excluding hydrogens is 381 g/mol. The van der Waals surface area contributed by atoms with E-state index in [-0.39, 0.29) is 11.5 Å². The molecule has 2 aromatic heterocycles. The van der Waals surface area contributed by atoms with Crippen LogP contribution in [0.1, 0.15) is 32.6 Å². The molecule has 4 rings (SSSR count). The Labute approximate surface area is 176 Å². The summed E-state index contributed by atoms with van der Waals surface area (Å²) in [5.41, 5.74) is 1.70. The van der Waals surface area contributed by atoms with Crippen molar-refractivity contribution in [3.63, 3.8) is 0 Å². The molecule has 158 valence electrons. The number of piperidine rings is 1. The van der Waals surface area contributed by atoms with Crippen molar-refractivity contribution in [2.75, 3.05) is 31.1 Å². The zero-order chi connectivity index (χ0) is 20.9. The number of carbonyl (C=O) groups is 1. The predicted octanol–water partition coefficient (Wildman–Crippen LogP) is 4.24. The van der Waals surface area contributed by atoms with Crippen molar-refractivity contribution < 1.29 is 9.18 Å². The number of halogens is 1. The number of anilines is 1. The lowest BCUT2D eigenvalue weighted by atomic mass is 10.0. The molecule has 1 aromatic carbocycles. The highest BCUT2D eigenvalue weighted by Gasteiger charge is 2.21. The van der Waals surface area contributed by atoms with Gasteiger partial charge in [-0.05, 0) is 50.4 Å². The summed E-state index contributed by atoms with van der Waals surface area (Å²) in [5.74, 6) is -0.0575. The lowest BCUT2D eigenvalue weighted by Crippen LogP contribution is -2.35. The van der Waals surface area contributed by atoms with Gasteiger partial charge in [0.25, 0.3) is 0 Å². The average molecular weight is 410 g/mol. The highest BCUT2D eigenvalue weighted by atomic mass is 19.1. The van der Waals surface area contributed by atoms with Gasteiger partial charge in [-0.3, -0.25) is 19.8 Å². The van der Waals surface area contributed by atoms with Crippen molar-refractivity contribution in [1.29, 1.82) is 0 Å². The second-order valence-electron chi connectivity index (χ2n) is 8.21. The lowest BCUT2D eigenvalue weighted by molar-refractivity contribution is -0.107. The van der Waals surface area contributed by atoms with E-state index in [1.807, 2.05) is 30.3 Å². The molecule has 0 saturated carbocycles. The Morgan fingerprint density at radius 3 is 2.87 bits per heavy atom. The van der Waals surface area contributed by atoms with Crippen LogP contribution in [-0.4, -0.2) is 52.7 Å². The maximum Gasteiger partial charge on any atom is 0.215 e. The Kier molecular flexibility index (Phi) is 6.38. The molecular formula is C23H28FN5O. The van der Waals surface area contributed by atoms with Gasteiger partial charge in [0, 0.05) is 30.2 Å². The fourth-order valence-corrected chi connectivity index (χ4v) is 4.15. The van der Waals surface area contributed by atoms with E-state index in [1.165, 1.54) is 24.2 Å². The number of pyridine rings is 1. The number of carbonyl (C=O) groups excluding carboxylic acids is 1. The molecule has 1 aliphatic heterocycles. The third-order valence-corrected chi connectivity index (χ3v) is 5.85. The molecule has 0 aliphatic carbocycles. The molecule has 3 heterocycles. The monoisotopic (exact) mass is 409 g/mol. The second kappa shape index (κ2) is 9.34. The smallest absolute Gasteiger partial charge is 0.215 e. The number of nitrogens with one attached hydrogen (secondary N) is 1. The van der Waals surface area contributed by atoms with Crippen molar-refractivity contribution in [1.82, 2.24) is 20.1 Å². The van der Waals surface area contributed by atoms with Crippen LogP contribution in [0.2, 0.25) is 0 Å². The molecule has 1 aliphatic rings. The molecule has 0 radical (unpaired) electrons. The Morgan fingerprint density at radius 2 is 2.07 bits per heavy atom. The fraction of sp³-hybridized carbons (Fsp3) is 0.435. The Balaban J connectivity index is 1.44. The number of rotatable bonds is 8. The highest BCUT2D eigenvalue weighted by molar-refractivity contribution is 5.84. The van der Waals surface area contributed by atoms with Gasteiger partial charge in [0.15, 0.2) is 11.6 Å². The summed E-state index contributed by atoms with van der Waals surface area (Å²) < 4.78 is 15.1. The molecule has 7 heteroatoms. The summed E-state index contributed by atoms with van der Waals surface area (Å²) in [6.45, 7) is 5.95. The molecule has 1 fully saturated rings. The summed E-state index contributed by atoms with van der Waals surface area (Å²) in [6.07, 6.45) is 6.92. The Morgan fingerprint density at radius 1 is 1.27 bits per heavy atom. The number of fused-ring (bicyclic) bond motifs is 1. The van der Waals surface area contributed by atoms with Crippen molar-refractivity contribution in [2.45, 2.75) is 32.6 Å². The van der Waals surface area contributed by atoms with Gasteiger partial charge in [-0.15, -0.1) is 0 Å². The van der Waals surface area contributed by atoms with Gasteiger partial charge in [-0.2, -0.15) is 5.10 Å². The van der Waals surface area contributed by atoms with E-state index < -0.39 is 5.82 Å². The van der Waals surface area contributed by atoms with Gasteiger partial charge < -0.3 is 4.90 Å². The van der Waals surface area contributed by atoms with Crippen LogP contribution in [0.3, 0.4) is 0 Å². The number of nitrogens with zero attached hydrogens (tertiary/aromatic N) is 4. The number of hydrogen-bond donors (Lipinski definition) is 1. The third kappa shape index (κ3) is 4.51. The van der Waals surface area contributed by atoms with Crippen molar-refractivity contribution in [2.24, 2.45) is 5.92 Å². The van der Waals surface area contributed by atoms with E-state index in [0.717, 1.165) is 37.0 Å². The zero-order valence-electron chi connectivity index (χ0n) is 17.4. The summed E-state index contributed by atoms with van der Waals surface area (Å²) in [5, 5.41) is 7.76. The second-order valence-corrected chi connectivity index (χ2v) is 8.21. The molecule has 1 N–H and O–H groups in total. The third-order valence-electron chi connectivity index (χ3n) is 5.85. The Hall–Kier alpha value is -2.80. The number of likely N-dealkylation sites (tertiary alicyclic amines) is 1. The van der Waals surface area contributed by atoms with E-state index in [2.05, 4.69) is 27.0 Å². The van der Waals surface area contributed by atoms with E-state index in [4.69, 9.17) is 0 Å². The summed E-state index contributed by atoms with van der Waals surface area (Å²) in [7, 11) is 0. The van der Waals surface area contributed by atoms with Crippen LogP contribution >= 0.6 is 0 Å². The standard InChI is InChI=1S/C23H28FN5O/c1-17(15-28-10-5-2-6-11-28)9-12-29(16-30)23-21(24)22(26-27-23)19-13-18-7-3-4-8-20(18)25-14-19/h3-4,7-8,13-14,16-17H,2,5-6,9-12,15H2,1H3,(H,26,27). The quantitative estimate of drug-likeness (QED) is 0.565. The molecule has 1 saturated heterocycles. The molecule has 1 unspecified atom stereocenters. The number of aromatic nitrogens is 3. The van der Waals surface area contributed by atoms with Crippen LogP contribution in [-0.2, 0) is 4.79 Å². The Bertz CT molecular complexity index is 998. The first kappa shape index (κ1) is 20.5. The summed E-state index contributed by atoms with van der Waals surface area (Å²) >= 11 is 0. The van der Waals surface area contributed by atoms with Gasteiger partial charge in [0.2, 0.25) is 6.41 Å². The van der Waals surface area contributed by atoms with Crippen LogP contribution in [0, 0.1) is 11.7 Å². The first-order valence-corrected chi connectivity index (χ1v) is 10.7. The van der Waals surface area contributed by atoms with Gasteiger partial charge in [-0.25, -0.2) is 4.39 Å². The van der Waals surface area contributed by atoms with Gasteiger partial charge in [0.1, 0.15) is 5.69 Å². The molecule has 30 heavy (non-hydrogen) atoms. The van der Waals surface area contributed by atoms with E-state index >= 15 is 4.39 Å². The summed E-state index contributed by atoms with van der Waals surface area (Å²) in [6, 6.07) is 9.55. The zero-order valence-corrected chi connectivity index (χ0v) is 17.4. The van der Waals surface area contributed by atoms with Crippen LogP contribution in [0.25, 0.3) is 22.2 Å². The van der Waals surface area contributed by atoms with Gasteiger partial charge >= 0.3 is 0 Å². The first-order chi connectivity index (χ1) is 14.7. The molecule has 3 aromatic rings. The van der Waals surface area contributed by atoms with Crippen LogP contribution in [0.4, 0.5) is 10.2 Å². The van der Waals surface area contributed by atoms with Gasteiger partial charge in [-0.1, -0.05) is 31.5 Å². The number of benzene rings is 1. The summed E-state index contributed by atoms with van der Waals surface area (Å²) in [4.78, 5) is 19.9. The molecule has 0 bridgehead atoms. The van der Waals surface area contributed by atoms with E-state index in [9.17, 15) is 4.79 Å². The predicted molar refractivity (Wildman–Crippen MR) is 117 cm³/mol. The lowest BCUT2D eigenvalue weighted by Gasteiger charge is -2.29. The van der Waals surface area contributed by atoms with Crippen molar-refractivity contribution in [3.8, 4) is 11.3 Å². The average Bonchev–Trinajstić information content (AvgIpc) is 3.16. The van der Waals surface area contributed by atoms with Crippen LogP contribution in [0.5, 0.6) is 0 Å². The van der Waals surface area contributed by atoms with Crippen LogP contribution in [0.15, 0.2) is 36.5 Å². The minimum absolute atomic E-state index is 0.0401. The first-order valence-electron chi connectivity index (χ1n) is 10.7. The van der Waals surface area contributed by atoms with Crippen molar-refractivity contribution >= 4 is 23.1 Å². The minimum atomic E-state index is -0.525. The van der Waals surface area contributed by atoms with Crippen LogP contribution < -0.4 is 4.90 Å². The number of aromatic amines is 1. The van der Waals surface area contributed by atoms with E-state index in [1.54, 1.807) is 6.20 Å². The molecule has 6 nitrogen and oxygen atoms in total. The SMILES string of the molecule is CC(CCN(C=O)c1n[nH]c(-c2cnc3ccccc3c2)c1F)CN1CCCCC1. The maximum atomic E-state index is 15.1. The molecule has 0 spiro atoms. The minimum Gasteiger partial charge on any atom is -0.303 e.